The van der Waals surface area contributed by atoms with Gasteiger partial charge in [0.2, 0.25) is 5.91 Å². The molecule has 16 heavy (non-hydrogen) atoms. The first-order valence-corrected chi connectivity index (χ1v) is 5.91. The van der Waals surface area contributed by atoms with Crippen molar-refractivity contribution in [3.63, 3.8) is 0 Å². The van der Waals surface area contributed by atoms with E-state index >= 15 is 0 Å². The lowest BCUT2D eigenvalue weighted by Gasteiger charge is -2.23. The van der Waals surface area contributed by atoms with Crippen LogP contribution in [0.3, 0.4) is 0 Å². The lowest BCUT2D eigenvalue weighted by atomic mass is 10.1. The van der Waals surface area contributed by atoms with Crippen LogP contribution < -0.4 is 10.6 Å². The zero-order valence-electron chi connectivity index (χ0n) is 10.2. The van der Waals surface area contributed by atoms with Crippen LogP contribution >= 0.6 is 0 Å². The summed E-state index contributed by atoms with van der Waals surface area (Å²) in [4.78, 5) is 11.6. The Morgan fingerprint density at radius 3 is 2.94 bits per heavy atom. The molecular weight excluding hydrogens is 204 g/mol. The van der Waals surface area contributed by atoms with Gasteiger partial charge in [-0.3, -0.25) is 4.79 Å². The Morgan fingerprint density at radius 2 is 2.38 bits per heavy atom. The van der Waals surface area contributed by atoms with Gasteiger partial charge in [-0.2, -0.15) is 0 Å². The van der Waals surface area contributed by atoms with Crippen LogP contribution in [0.15, 0.2) is 12.7 Å². The van der Waals surface area contributed by atoms with E-state index in [9.17, 15) is 4.79 Å². The molecule has 0 bridgehead atoms. The van der Waals surface area contributed by atoms with Gasteiger partial charge in [-0.1, -0.05) is 6.08 Å². The van der Waals surface area contributed by atoms with Crippen LogP contribution in [0.5, 0.6) is 0 Å². The van der Waals surface area contributed by atoms with E-state index in [1.165, 1.54) is 0 Å². The molecule has 4 nitrogen and oxygen atoms in total. The van der Waals surface area contributed by atoms with Crippen LogP contribution in [-0.2, 0) is 9.53 Å². The van der Waals surface area contributed by atoms with E-state index in [1.807, 2.05) is 6.92 Å². The zero-order chi connectivity index (χ0) is 12.0. The molecule has 0 aromatic carbocycles. The molecule has 1 heterocycles. The highest BCUT2D eigenvalue weighted by molar-refractivity contribution is 5.81. The van der Waals surface area contributed by atoms with Gasteiger partial charge in [0, 0.05) is 19.2 Å². The molecule has 0 spiro atoms. The highest BCUT2D eigenvalue weighted by Gasteiger charge is 2.24. The van der Waals surface area contributed by atoms with Gasteiger partial charge >= 0.3 is 0 Å². The molecule has 4 heteroatoms. The number of nitrogens with one attached hydrogen (secondary N) is 2. The molecule has 3 unspecified atom stereocenters. The number of carbonyl (C=O) groups is 1. The van der Waals surface area contributed by atoms with Crippen molar-refractivity contribution in [2.75, 3.05) is 13.2 Å². The fraction of sp³-hybridized carbons (Fsp3) is 0.750. The van der Waals surface area contributed by atoms with Crippen LogP contribution in [0.2, 0.25) is 0 Å². The van der Waals surface area contributed by atoms with Gasteiger partial charge in [-0.05, 0) is 26.7 Å². The largest absolute Gasteiger partial charge is 0.377 e. The maximum absolute atomic E-state index is 11.6. The average Bonchev–Trinajstić information content (AvgIpc) is 2.79. The van der Waals surface area contributed by atoms with E-state index in [2.05, 4.69) is 24.1 Å². The van der Waals surface area contributed by atoms with Crippen LogP contribution in [0, 0.1) is 0 Å². The molecule has 0 aliphatic carbocycles. The van der Waals surface area contributed by atoms with E-state index in [1.54, 1.807) is 6.08 Å². The van der Waals surface area contributed by atoms with Crippen molar-refractivity contribution in [3.8, 4) is 0 Å². The number of carbonyl (C=O) groups excluding carboxylic acids is 1. The molecule has 0 aromatic heterocycles. The molecular formula is C12H22N2O2. The first-order chi connectivity index (χ1) is 7.65. The predicted molar refractivity (Wildman–Crippen MR) is 64.2 cm³/mol. The third-order valence-electron chi connectivity index (χ3n) is 2.85. The molecule has 1 amide bonds. The first kappa shape index (κ1) is 13.2. The quantitative estimate of drug-likeness (QED) is 0.660. The second-order valence-corrected chi connectivity index (χ2v) is 4.26. The van der Waals surface area contributed by atoms with E-state index in [4.69, 9.17) is 4.74 Å². The smallest absolute Gasteiger partial charge is 0.237 e. The Morgan fingerprint density at radius 1 is 1.62 bits per heavy atom. The van der Waals surface area contributed by atoms with Gasteiger partial charge < -0.3 is 15.4 Å². The molecule has 3 atom stereocenters. The lowest BCUT2D eigenvalue weighted by molar-refractivity contribution is -0.122. The minimum Gasteiger partial charge on any atom is -0.377 e. The van der Waals surface area contributed by atoms with E-state index in [0.29, 0.717) is 6.54 Å². The molecule has 92 valence electrons. The summed E-state index contributed by atoms with van der Waals surface area (Å²) in [6, 6.07) is 0.0196. The summed E-state index contributed by atoms with van der Waals surface area (Å²) in [6.07, 6.45) is 4.12. The highest BCUT2D eigenvalue weighted by Crippen LogP contribution is 2.15. The summed E-state index contributed by atoms with van der Waals surface area (Å²) in [5, 5.41) is 6.03. The minimum atomic E-state index is -0.195. The van der Waals surface area contributed by atoms with Gasteiger partial charge in [-0.25, -0.2) is 0 Å². The van der Waals surface area contributed by atoms with Gasteiger partial charge in [0.1, 0.15) is 0 Å². The summed E-state index contributed by atoms with van der Waals surface area (Å²) in [5.74, 6) is 0.00440. The van der Waals surface area contributed by atoms with Gasteiger partial charge in [-0.15, -0.1) is 6.58 Å². The number of ether oxygens (including phenoxy) is 1. The van der Waals surface area contributed by atoms with E-state index in [-0.39, 0.29) is 24.1 Å². The Hall–Kier alpha value is -0.870. The summed E-state index contributed by atoms with van der Waals surface area (Å²) >= 11 is 0. The Kier molecular flexibility index (Phi) is 5.49. The number of hydrogen-bond acceptors (Lipinski definition) is 3. The van der Waals surface area contributed by atoms with Crippen LogP contribution in [0.1, 0.15) is 26.7 Å². The fourth-order valence-electron chi connectivity index (χ4n) is 1.90. The Labute approximate surface area is 97.4 Å². The van der Waals surface area contributed by atoms with Crippen molar-refractivity contribution in [2.45, 2.75) is 44.9 Å². The first-order valence-electron chi connectivity index (χ1n) is 5.91. The molecule has 1 rings (SSSR count). The molecule has 0 saturated carbocycles. The second-order valence-electron chi connectivity index (χ2n) is 4.26. The van der Waals surface area contributed by atoms with Gasteiger partial charge in [0.25, 0.3) is 0 Å². The molecule has 1 fully saturated rings. The summed E-state index contributed by atoms with van der Waals surface area (Å²) < 4.78 is 5.57. The monoisotopic (exact) mass is 226 g/mol. The molecule has 1 aliphatic rings. The molecule has 1 saturated heterocycles. The van der Waals surface area contributed by atoms with Crippen molar-refractivity contribution in [3.05, 3.63) is 12.7 Å². The molecule has 2 N–H and O–H groups in total. The predicted octanol–water partition coefficient (Wildman–Crippen LogP) is 0.834. The topological polar surface area (TPSA) is 50.4 Å². The van der Waals surface area contributed by atoms with Crippen molar-refractivity contribution in [2.24, 2.45) is 0 Å². The normalized spacial score (nSPS) is 23.8. The summed E-state index contributed by atoms with van der Waals surface area (Å²) in [5.41, 5.74) is 0. The van der Waals surface area contributed by atoms with Crippen molar-refractivity contribution >= 4 is 5.91 Å². The van der Waals surface area contributed by atoms with E-state index in [0.717, 1.165) is 19.4 Å². The minimum absolute atomic E-state index is 0.00440. The Balaban J connectivity index is 2.28. The molecule has 0 radical (unpaired) electrons. The fourth-order valence-corrected chi connectivity index (χ4v) is 1.90. The van der Waals surface area contributed by atoms with Crippen LogP contribution in [-0.4, -0.2) is 37.2 Å². The van der Waals surface area contributed by atoms with E-state index < -0.39 is 0 Å². The molecule has 0 aromatic rings. The van der Waals surface area contributed by atoms with Crippen LogP contribution in [0.4, 0.5) is 0 Å². The highest BCUT2D eigenvalue weighted by atomic mass is 16.5. The van der Waals surface area contributed by atoms with Crippen molar-refractivity contribution in [1.29, 1.82) is 0 Å². The zero-order valence-corrected chi connectivity index (χ0v) is 10.2. The number of rotatable bonds is 6. The Bertz CT molecular complexity index is 237. The summed E-state index contributed by atoms with van der Waals surface area (Å²) in [7, 11) is 0. The SMILES string of the molecule is C=CCNC(=O)C(C)NC(C)C1CCCO1. The van der Waals surface area contributed by atoms with Crippen LogP contribution in [0.25, 0.3) is 0 Å². The molecule has 1 aliphatic heterocycles. The second kappa shape index (κ2) is 6.66. The third kappa shape index (κ3) is 3.94. The van der Waals surface area contributed by atoms with Crippen molar-refractivity contribution in [1.82, 2.24) is 10.6 Å². The maximum atomic E-state index is 11.6. The lowest BCUT2D eigenvalue weighted by Crippen LogP contribution is -2.49. The van der Waals surface area contributed by atoms with Gasteiger partial charge in [0.05, 0.1) is 12.1 Å². The average molecular weight is 226 g/mol. The number of amides is 1. The van der Waals surface area contributed by atoms with Crippen molar-refractivity contribution < 1.29 is 9.53 Å². The number of hydrogen-bond donors (Lipinski definition) is 2. The van der Waals surface area contributed by atoms with Gasteiger partial charge in [0.15, 0.2) is 0 Å². The summed E-state index contributed by atoms with van der Waals surface area (Å²) in [6.45, 7) is 8.84. The standard InChI is InChI=1S/C12H22N2O2/c1-4-7-13-12(15)10(3)14-9(2)11-6-5-8-16-11/h4,9-11,14H,1,5-8H2,2-3H3,(H,13,15). The maximum Gasteiger partial charge on any atom is 0.237 e. The third-order valence-corrected chi connectivity index (χ3v) is 2.85.